The molecule has 1 unspecified atom stereocenters. The van der Waals surface area contributed by atoms with Crippen LogP contribution in [0.1, 0.15) is 37.4 Å². The number of sulfone groups is 1. The van der Waals surface area contributed by atoms with E-state index >= 15 is 0 Å². The van der Waals surface area contributed by atoms with Crippen molar-refractivity contribution in [3.8, 4) is 0 Å². The Labute approximate surface area is 128 Å². The number of hydrogen-bond acceptors (Lipinski definition) is 5. The lowest BCUT2D eigenvalue weighted by Crippen LogP contribution is -2.29. The fourth-order valence-electron chi connectivity index (χ4n) is 1.94. The molecule has 0 saturated carbocycles. The summed E-state index contributed by atoms with van der Waals surface area (Å²) in [5.74, 6) is -0.546. The van der Waals surface area contributed by atoms with Gasteiger partial charge in [-0.15, -0.1) is 5.10 Å². The highest BCUT2D eigenvalue weighted by Crippen LogP contribution is 2.28. The molecule has 22 heavy (non-hydrogen) atoms. The van der Waals surface area contributed by atoms with E-state index in [0.717, 1.165) is 0 Å². The second-order valence-electron chi connectivity index (χ2n) is 5.95. The second-order valence-corrected chi connectivity index (χ2v) is 7.88. The van der Waals surface area contributed by atoms with E-state index in [2.05, 4.69) is 15.2 Å². The first-order valence-electron chi connectivity index (χ1n) is 6.65. The number of primary amides is 1. The van der Waals surface area contributed by atoms with E-state index in [1.807, 2.05) is 20.8 Å². The van der Waals surface area contributed by atoms with Crippen LogP contribution in [0.25, 0.3) is 0 Å². The molecule has 1 amide bonds. The maximum atomic E-state index is 12.7. The van der Waals surface area contributed by atoms with E-state index in [4.69, 9.17) is 5.73 Å². The molecule has 1 aromatic heterocycles. The van der Waals surface area contributed by atoms with Gasteiger partial charge in [0.2, 0.25) is 15.7 Å². The summed E-state index contributed by atoms with van der Waals surface area (Å²) in [7, 11) is -4.12. The van der Waals surface area contributed by atoms with Gasteiger partial charge in [0.15, 0.2) is 5.25 Å². The van der Waals surface area contributed by atoms with Gasteiger partial charge in [-0.05, 0) is 5.56 Å². The molecule has 1 atom stereocenters. The van der Waals surface area contributed by atoms with E-state index in [9.17, 15) is 13.2 Å². The lowest BCUT2D eigenvalue weighted by Gasteiger charge is -2.14. The van der Waals surface area contributed by atoms with Gasteiger partial charge in [0, 0.05) is 5.41 Å². The number of benzene rings is 1. The Morgan fingerprint density at radius 2 is 1.82 bits per heavy atom. The van der Waals surface area contributed by atoms with Gasteiger partial charge in [-0.2, -0.15) is 0 Å². The Hall–Kier alpha value is -2.22. The number of amides is 1. The van der Waals surface area contributed by atoms with Crippen LogP contribution in [0.5, 0.6) is 0 Å². The van der Waals surface area contributed by atoms with Crippen molar-refractivity contribution in [1.82, 2.24) is 15.2 Å². The number of rotatable bonds is 4. The molecule has 0 aliphatic carbocycles. The quantitative estimate of drug-likeness (QED) is 0.873. The average Bonchev–Trinajstić information content (AvgIpc) is 2.89. The third-order valence-electron chi connectivity index (χ3n) is 3.10. The van der Waals surface area contributed by atoms with Crippen LogP contribution in [0.15, 0.2) is 35.5 Å². The van der Waals surface area contributed by atoms with E-state index in [-0.39, 0.29) is 5.56 Å². The van der Waals surface area contributed by atoms with Crippen molar-refractivity contribution in [1.29, 1.82) is 0 Å². The predicted octanol–water partition coefficient (Wildman–Crippen LogP) is 1.10. The van der Waals surface area contributed by atoms with E-state index in [1.54, 1.807) is 18.2 Å². The zero-order valence-corrected chi connectivity index (χ0v) is 13.4. The number of H-pyrrole nitrogens is 1. The monoisotopic (exact) mass is 322 g/mol. The molecule has 0 bridgehead atoms. The minimum atomic E-state index is -4.12. The first-order valence-corrected chi connectivity index (χ1v) is 8.19. The van der Waals surface area contributed by atoms with E-state index in [0.29, 0.717) is 5.82 Å². The first kappa shape index (κ1) is 16.2. The van der Waals surface area contributed by atoms with Gasteiger partial charge in [-0.1, -0.05) is 51.1 Å². The average molecular weight is 322 g/mol. The van der Waals surface area contributed by atoms with Crippen molar-refractivity contribution in [2.45, 2.75) is 36.6 Å². The number of aromatic nitrogens is 3. The van der Waals surface area contributed by atoms with Crippen LogP contribution in [0.2, 0.25) is 0 Å². The zero-order chi connectivity index (χ0) is 16.5. The summed E-state index contributed by atoms with van der Waals surface area (Å²) in [5.41, 5.74) is 5.20. The molecule has 3 N–H and O–H groups in total. The molecule has 1 aromatic carbocycles. The summed E-state index contributed by atoms with van der Waals surface area (Å²) in [4.78, 5) is 15.7. The number of hydrogen-bond donors (Lipinski definition) is 2. The highest BCUT2D eigenvalue weighted by Gasteiger charge is 2.37. The fourth-order valence-corrected chi connectivity index (χ4v) is 3.36. The molecular formula is C14H18N4O3S. The molecule has 0 aliphatic rings. The highest BCUT2D eigenvalue weighted by atomic mass is 32.2. The Balaban J connectivity index is 2.52. The SMILES string of the molecule is CC(C)(C)c1nc(S(=O)(=O)C(C(N)=O)c2ccccc2)n[nH]1. The number of nitrogens with two attached hydrogens (primary N) is 1. The van der Waals surface area contributed by atoms with Crippen molar-refractivity contribution in [3.05, 3.63) is 41.7 Å². The maximum absolute atomic E-state index is 12.7. The molecule has 0 fully saturated rings. The number of nitrogens with one attached hydrogen (secondary N) is 1. The number of aromatic amines is 1. The predicted molar refractivity (Wildman–Crippen MR) is 80.6 cm³/mol. The molecule has 2 aromatic rings. The van der Waals surface area contributed by atoms with Crippen LogP contribution < -0.4 is 5.73 Å². The van der Waals surface area contributed by atoms with Crippen molar-refractivity contribution in [2.24, 2.45) is 5.73 Å². The molecule has 7 nitrogen and oxygen atoms in total. The van der Waals surface area contributed by atoms with Crippen LogP contribution in [-0.4, -0.2) is 29.5 Å². The van der Waals surface area contributed by atoms with Crippen molar-refractivity contribution < 1.29 is 13.2 Å². The minimum absolute atomic E-state index is 0.289. The van der Waals surface area contributed by atoms with Gasteiger partial charge in [0.25, 0.3) is 5.16 Å². The lowest BCUT2D eigenvalue weighted by molar-refractivity contribution is -0.117. The molecule has 0 radical (unpaired) electrons. The van der Waals surface area contributed by atoms with Crippen molar-refractivity contribution in [3.63, 3.8) is 0 Å². The van der Waals surface area contributed by atoms with Crippen LogP contribution in [0.3, 0.4) is 0 Å². The Bertz CT molecular complexity index is 776. The Kier molecular flexibility index (Phi) is 4.06. The summed E-state index contributed by atoms with van der Waals surface area (Å²) in [5, 5.41) is 4.41. The normalized spacial score (nSPS) is 13.8. The molecule has 0 aliphatic heterocycles. The van der Waals surface area contributed by atoms with Gasteiger partial charge in [-0.3, -0.25) is 9.89 Å². The minimum Gasteiger partial charge on any atom is -0.368 e. The second kappa shape index (κ2) is 5.53. The van der Waals surface area contributed by atoms with Crippen LogP contribution in [-0.2, 0) is 20.0 Å². The third-order valence-corrected chi connectivity index (χ3v) is 4.92. The van der Waals surface area contributed by atoms with Crippen LogP contribution in [0.4, 0.5) is 0 Å². The topological polar surface area (TPSA) is 119 Å². The van der Waals surface area contributed by atoms with Gasteiger partial charge in [-0.25, -0.2) is 13.4 Å². The molecule has 0 spiro atoms. The maximum Gasteiger partial charge on any atom is 0.268 e. The van der Waals surface area contributed by atoms with Crippen LogP contribution >= 0.6 is 0 Å². The van der Waals surface area contributed by atoms with Gasteiger partial charge >= 0.3 is 0 Å². The van der Waals surface area contributed by atoms with E-state index < -0.39 is 31.6 Å². The molecule has 118 valence electrons. The van der Waals surface area contributed by atoms with Gasteiger partial charge < -0.3 is 5.73 Å². The third kappa shape index (κ3) is 3.01. The largest absolute Gasteiger partial charge is 0.368 e. The van der Waals surface area contributed by atoms with Crippen molar-refractivity contribution >= 4 is 15.7 Å². The standard InChI is InChI=1S/C14H18N4O3S/c1-14(2,3)12-16-13(18-17-12)22(20,21)10(11(15)19)9-7-5-4-6-8-9/h4-8,10H,1-3H3,(H2,15,19)(H,16,17,18). The molecule has 8 heteroatoms. The smallest absolute Gasteiger partial charge is 0.268 e. The first-order chi connectivity index (χ1) is 10.1. The Morgan fingerprint density at radius 1 is 1.23 bits per heavy atom. The summed E-state index contributed by atoms with van der Waals surface area (Å²) in [6, 6.07) is 8.06. The Morgan fingerprint density at radius 3 is 2.27 bits per heavy atom. The molecule has 0 saturated heterocycles. The van der Waals surface area contributed by atoms with Crippen molar-refractivity contribution in [2.75, 3.05) is 0 Å². The summed E-state index contributed by atoms with van der Waals surface area (Å²) in [6.45, 7) is 5.60. The molecule has 2 rings (SSSR count). The van der Waals surface area contributed by atoms with Gasteiger partial charge in [0.1, 0.15) is 5.82 Å². The molecule has 1 heterocycles. The van der Waals surface area contributed by atoms with Crippen LogP contribution in [0, 0.1) is 0 Å². The number of nitrogens with zero attached hydrogens (tertiary/aromatic N) is 2. The number of carbonyl (C=O) groups is 1. The summed E-state index contributed by atoms with van der Waals surface area (Å²) >= 11 is 0. The highest BCUT2D eigenvalue weighted by molar-refractivity contribution is 7.92. The fraction of sp³-hybridized carbons (Fsp3) is 0.357. The summed E-state index contributed by atoms with van der Waals surface area (Å²) < 4.78 is 25.3. The molecular weight excluding hydrogens is 304 g/mol. The summed E-state index contributed by atoms with van der Waals surface area (Å²) in [6.07, 6.45) is 0. The zero-order valence-electron chi connectivity index (χ0n) is 12.6. The van der Waals surface area contributed by atoms with Gasteiger partial charge in [0.05, 0.1) is 0 Å². The lowest BCUT2D eigenvalue weighted by atomic mass is 9.96. The number of carbonyl (C=O) groups excluding carboxylic acids is 1. The van der Waals surface area contributed by atoms with E-state index in [1.165, 1.54) is 12.1 Å².